The number of carbonyl (C=O) groups is 3. The van der Waals surface area contributed by atoms with Crippen molar-refractivity contribution in [2.24, 2.45) is 5.92 Å². The normalized spacial score (nSPS) is 15.6. The Balaban J connectivity index is 2.11. The molecule has 0 spiro atoms. The number of nitrogens with one attached hydrogen (secondary N) is 1. The number of aliphatic carboxylic acids is 1. The molecule has 1 rings (SSSR count). The van der Waals surface area contributed by atoms with Crippen LogP contribution in [0.4, 0.5) is 4.79 Å². The van der Waals surface area contributed by atoms with Crippen LogP contribution in [0, 0.1) is 5.92 Å². The maximum atomic E-state index is 11.9. The van der Waals surface area contributed by atoms with Crippen molar-refractivity contribution >= 4 is 18.0 Å². The van der Waals surface area contributed by atoms with E-state index in [1.807, 2.05) is 0 Å². The predicted molar refractivity (Wildman–Crippen MR) is 75.8 cm³/mol. The van der Waals surface area contributed by atoms with Crippen molar-refractivity contribution < 1.29 is 24.2 Å². The van der Waals surface area contributed by atoms with Gasteiger partial charge in [0, 0.05) is 26.1 Å². The monoisotopic (exact) mass is 300 g/mol. The van der Waals surface area contributed by atoms with Gasteiger partial charge in [0.1, 0.15) is 0 Å². The highest BCUT2D eigenvalue weighted by Crippen LogP contribution is 2.18. The quantitative estimate of drug-likeness (QED) is 0.544. The number of nitrogens with zero attached hydrogens (tertiary/aromatic N) is 1. The highest BCUT2D eigenvalue weighted by Gasteiger charge is 2.27. The average Bonchev–Trinajstić information content (AvgIpc) is 2.49. The third-order valence-electron chi connectivity index (χ3n) is 3.66. The Labute approximate surface area is 124 Å². The lowest BCUT2D eigenvalue weighted by Crippen LogP contribution is -2.45. The summed E-state index contributed by atoms with van der Waals surface area (Å²) in [6, 6.07) is -0.114. The zero-order valence-corrected chi connectivity index (χ0v) is 12.5. The Morgan fingerprint density at radius 3 is 2.43 bits per heavy atom. The number of ether oxygens (including phenoxy) is 1. The van der Waals surface area contributed by atoms with Gasteiger partial charge in [-0.1, -0.05) is 6.42 Å². The van der Waals surface area contributed by atoms with Crippen LogP contribution in [-0.2, 0) is 14.3 Å². The van der Waals surface area contributed by atoms with Crippen LogP contribution < -0.4 is 5.32 Å². The Morgan fingerprint density at radius 1 is 1.19 bits per heavy atom. The molecule has 1 aliphatic heterocycles. The molecule has 0 aromatic carbocycles. The number of amides is 2. The fourth-order valence-electron chi connectivity index (χ4n) is 2.37. The van der Waals surface area contributed by atoms with Crippen molar-refractivity contribution in [3.8, 4) is 0 Å². The molecule has 0 saturated carbocycles. The van der Waals surface area contributed by atoms with Gasteiger partial charge in [-0.15, -0.1) is 0 Å². The lowest BCUT2D eigenvalue weighted by Gasteiger charge is -2.30. The number of hydrogen-bond acceptors (Lipinski definition) is 4. The predicted octanol–water partition coefficient (Wildman–Crippen LogP) is 1.23. The maximum absolute atomic E-state index is 11.9. The number of piperidine rings is 1. The average molecular weight is 300 g/mol. The molecule has 0 aromatic heterocycles. The zero-order chi connectivity index (χ0) is 15.7. The fourth-order valence-corrected chi connectivity index (χ4v) is 2.37. The summed E-state index contributed by atoms with van der Waals surface area (Å²) in [7, 11) is 1.38. The summed E-state index contributed by atoms with van der Waals surface area (Å²) in [5.74, 6) is -1.09. The van der Waals surface area contributed by atoms with Crippen LogP contribution in [0.2, 0.25) is 0 Å². The molecule has 7 heteroatoms. The Bertz CT molecular complexity index is 364. The first kappa shape index (κ1) is 17.3. The van der Waals surface area contributed by atoms with E-state index in [1.54, 1.807) is 4.90 Å². The van der Waals surface area contributed by atoms with E-state index in [0.717, 1.165) is 12.8 Å². The smallest absolute Gasteiger partial charge is 0.317 e. The van der Waals surface area contributed by atoms with Crippen LogP contribution in [0.3, 0.4) is 0 Å². The number of carboxylic acids is 1. The first-order chi connectivity index (χ1) is 10.0. The van der Waals surface area contributed by atoms with Gasteiger partial charge in [0.25, 0.3) is 0 Å². The van der Waals surface area contributed by atoms with E-state index in [2.05, 4.69) is 5.32 Å². The van der Waals surface area contributed by atoms with E-state index in [-0.39, 0.29) is 24.3 Å². The van der Waals surface area contributed by atoms with Crippen LogP contribution in [-0.4, -0.2) is 54.7 Å². The standard InChI is InChI=1S/C14H24N2O5/c1-21-13(19)11-6-9-16(10-7-11)14(20)15-8-4-2-3-5-12(17)18/h11H,2-10H2,1H3,(H,15,20)(H,17,18). The fraction of sp³-hybridized carbons (Fsp3) is 0.786. The minimum absolute atomic E-state index is 0.102. The molecule has 1 fully saturated rings. The highest BCUT2D eigenvalue weighted by molar-refractivity contribution is 5.75. The van der Waals surface area contributed by atoms with E-state index in [0.29, 0.717) is 38.9 Å². The van der Waals surface area contributed by atoms with Gasteiger partial charge < -0.3 is 20.1 Å². The molecule has 120 valence electrons. The van der Waals surface area contributed by atoms with E-state index in [9.17, 15) is 14.4 Å². The minimum atomic E-state index is -0.785. The van der Waals surface area contributed by atoms with Gasteiger partial charge in [-0.05, 0) is 25.7 Å². The summed E-state index contributed by atoms with van der Waals surface area (Å²) in [5, 5.41) is 11.3. The summed E-state index contributed by atoms with van der Waals surface area (Å²) in [5.41, 5.74) is 0. The van der Waals surface area contributed by atoms with Gasteiger partial charge in [-0.2, -0.15) is 0 Å². The first-order valence-corrected chi connectivity index (χ1v) is 7.37. The molecule has 0 bridgehead atoms. The van der Waals surface area contributed by atoms with Crippen LogP contribution in [0.1, 0.15) is 38.5 Å². The summed E-state index contributed by atoms with van der Waals surface area (Å²) in [4.78, 5) is 35.3. The molecular formula is C14H24N2O5. The van der Waals surface area contributed by atoms with Gasteiger partial charge in [0.15, 0.2) is 0 Å². The lowest BCUT2D eigenvalue weighted by atomic mass is 9.97. The molecule has 0 aliphatic carbocycles. The third kappa shape index (κ3) is 6.46. The van der Waals surface area contributed by atoms with E-state index < -0.39 is 5.97 Å². The largest absolute Gasteiger partial charge is 0.481 e. The molecule has 2 N–H and O–H groups in total. The molecule has 21 heavy (non-hydrogen) atoms. The molecule has 1 saturated heterocycles. The van der Waals surface area contributed by atoms with Gasteiger partial charge >= 0.3 is 18.0 Å². The number of urea groups is 1. The zero-order valence-electron chi connectivity index (χ0n) is 12.5. The highest BCUT2D eigenvalue weighted by atomic mass is 16.5. The Hall–Kier alpha value is -1.79. The summed E-state index contributed by atoms with van der Waals surface area (Å²) < 4.78 is 4.70. The van der Waals surface area contributed by atoms with Gasteiger partial charge in [0.2, 0.25) is 0 Å². The molecular weight excluding hydrogens is 276 g/mol. The third-order valence-corrected chi connectivity index (χ3v) is 3.66. The van der Waals surface area contributed by atoms with Crippen LogP contribution in [0.15, 0.2) is 0 Å². The van der Waals surface area contributed by atoms with Gasteiger partial charge in [0.05, 0.1) is 13.0 Å². The number of likely N-dealkylation sites (tertiary alicyclic amines) is 1. The molecule has 0 atom stereocenters. The second kappa shape index (κ2) is 9.20. The maximum Gasteiger partial charge on any atom is 0.317 e. The molecule has 7 nitrogen and oxygen atoms in total. The number of hydrogen-bond donors (Lipinski definition) is 2. The van der Waals surface area contributed by atoms with E-state index in [1.165, 1.54) is 7.11 Å². The van der Waals surface area contributed by atoms with Crippen molar-refractivity contribution in [1.29, 1.82) is 0 Å². The molecule has 0 unspecified atom stereocenters. The Kier molecular flexibility index (Phi) is 7.56. The molecule has 1 heterocycles. The summed E-state index contributed by atoms with van der Waals surface area (Å²) in [6.07, 6.45) is 3.65. The molecule has 2 amide bonds. The molecule has 0 radical (unpaired) electrons. The lowest BCUT2D eigenvalue weighted by molar-refractivity contribution is -0.146. The number of methoxy groups -OCH3 is 1. The van der Waals surface area contributed by atoms with Crippen molar-refractivity contribution in [1.82, 2.24) is 10.2 Å². The SMILES string of the molecule is COC(=O)C1CCN(C(=O)NCCCCCC(=O)O)CC1. The summed E-state index contributed by atoms with van der Waals surface area (Å²) >= 11 is 0. The van der Waals surface area contributed by atoms with E-state index in [4.69, 9.17) is 9.84 Å². The number of unbranched alkanes of at least 4 members (excludes halogenated alkanes) is 2. The minimum Gasteiger partial charge on any atom is -0.481 e. The summed E-state index contributed by atoms with van der Waals surface area (Å²) in [6.45, 7) is 1.67. The van der Waals surface area contributed by atoms with Crippen LogP contribution >= 0.6 is 0 Å². The second-order valence-electron chi connectivity index (χ2n) is 5.22. The van der Waals surface area contributed by atoms with Crippen LogP contribution in [0.25, 0.3) is 0 Å². The van der Waals surface area contributed by atoms with Crippen molar-refractivity contribution in [3.63, 3.8) is 0 Å². The number of carbonyl (C=O) groups excluding carboxylic acids is 2. The van der Waals surface area contributed by atoms with Gasteiger partial charge in [-0.25, -0.2) is 4.79 Å². The van der Waals surface area contributed by atoms with Crippen molar-refractivity contribution in [2.45, 2.75) is 38.5 Å². The molecule has 0 aromatic rings. The molecule has 1 aliphatic rings. The number of esters is 1. The van der Waals surface area contributed by atoms with Crippen molar-refractivity contribution in [3.05, 3.63) is 0 Å². The second-order valence-corrected chi connectivity index (χ2v) is 5.22. The van der Waals surface area contributed by atoms with Crippen LogP contribution in [0.5, 0.6) is 0 Å². The topological polar surface area (TPSA) is 95.9 Å². The van der Waals surface area contributed by atoms with Crippen molar-refractivity contribution in [2.75, 3.05) is 26.7 Å². The first-order valence-electron chi connectivity index (χ1n) is 7.37. The Morgan fingerprint density at radius 2 is 1.86 bits per heavy atom. The van der Waals surface area contributed by atoms with E-state index >= 15 is 0 Å². The number of carboxylic acid groups (broad SMARTS) is 1. The number of rotatable bonds is 7. The van der Waals surface area contributed by atoms with Gasteiger partial charge in [-0.3, -0.25) is 9.59 Å².